The molecule has 0 unspecified atom stereocenters. The van der Waals surface area contributed by atoms with Crippen molar-refractivity contribution in [2.24, 2.45) is 10.9 Å². The minimum Gasteiger partial charge on any atom is -0.392 e. The first-order valence-electron chi connectivity index (χ1n) is 4.98. The zero-order valence-corrected chi connectivity index (χ0v) is 8.38. The van der Waals surface area contributed by atoms with Gasteiger partial charge in [0.25, 0.3) is 0 Å². The summed E-state index contributed by atoms with van der Waals surface area (Å²) in [6, 6.07) is 7.61. The molecule has 0 aliphatic heterocycles. The summed E-state index contributed by atoms with van der Waals surface area (Å²) in [6.07, 6.45) is 10.0. The summed E-state index contributed by atoms with van der Waals surface area (Å²) >= 11 is 0. The van der Waals surface area contributed by atoms with Crippen LogP contribution in [0, 0.1) is 5.92 Å². The van der Waals surface area contributed by atoms with Crippen LogP contribution in [0.1, 0.15) is 5.56 Å². The van der Waals surface area contributed by atoms with Crippen LogP contribution in [0.3, 0.4) is 0 Å². The molecule has 0 atom stereocenters. The number of hydrogen-bond donors (Lipinski definition) is 1. The molecule has 15 heavy (non-hydrogen) atoms. The molecule has 1 N–H and O–H groups in total. The number of aliphatic hydroxyl groups excluding tert-OH is 1. The highest BCUT2D eigenvalue weighted by molar-refractivity contribution is 5.71. The lowest BCUT2D eigenvalue weighted by Gasteiger charge is -2.01. The second-order valence-corrected chi connectivity index (χ2v) is 3.41. The second-order valence-electron chi connectivity index (χ2n) is 3.41. The highest BCUT2D eigenvalue weighted by Crippen LogP contribution is 2.19. The van der Waals surface area contributed by atoms with Crippen molar-refractivity contribution >= 4 is 11.9 Å². The fraction of sp³-hybridized carbons (Fsp3) is 0.154. The zero-order valence-electron chi connectivity index (χ0n) is 8.38. The third kappa shape index (κ3) is 2.42. The van der Waals surface area contributed by atoms with Gasteiger partial charge in [-0.1, -0.05) is 42.5 Å². The normalized spacial score (nSPS) is 15.5. The number of nitrogens with zero attached hydrogens (tertiary/aromatic N) is 1. The lowest BCUT2D eigenvalue weighted by Crippen LogP contribution is -1.90. The first-order chi connectivity index (χ1) is 7.40. The lowest BCUT2D eigenvalue weighted by atomic mass is 10.2. The highest BCUT2D eigenvalue weighted by atomic mass is 16.3. The van der Waals surface area contributed by atoms with Crippen molar-refractivity contribution in [3.8, 4) is 0 Å². The molecule has 0 radical (unpaired) electrons. The molecule has 2 rings (SSSR count). The van der Waals surface area contributed by atoms with Crippen molar-refractivity contribution in [1.29, 1.82) is 0 Å². The van der Waals surface area contributed by atoms with Gasteiger partial charge in [0.15, 0.2) is 0 Å². The summed E-state index contributed by atoms with van der Waals surface area (Å²) in [7, 11) is 0. The maximum absolute atomic E-state index is 9.11. The van der Waals surface area contributed by atoms with E-state index in [0.29, 0.717) is 0 Å². The number of aliphatic imine (C=N–C) groups is 1. The molecule has 1 aromatic rings. The van der Waals surface area contributed by atoms with Gasteiger partial charge in [-0.3, -0.25) is 4.99 Å². The van der Waals surface area contributed by atoms with Crippen molar-refractivity contribution in [3.05, 3.63) is 54.1 Å². The van der Waals surface area contributed by atoms with Gasteiger partial charge in [-0.25, -0.2) is 0 Å². The summed E-state index contributed by atoms with van der Waals surface area (Å²) < 4.78 is 0. The number of benzene rings is 1. The minimum atomic E-state index is 0.0316. The molecule has 2 nitrogen and oxygen atoms in total. The Morgan fingerprint density at radius 2 is 1.93 bits per heavy atom. The van der Waals surface area contributed by atoms with Gasteiger partial charge in [0.1, 0.15) is 0 Å². The Morgan fingerprint density at radius 3 is 2.67 bits per heavy atom. The fourth-order valence-corrected chi connectivity index (χ4v) is 1.49. The molecule has 0 heterocycles. The van der Waals surface area contributed by atoms with Gasteiger partial charge in [-0.2, -0.15) is 0 Å². The maximum atomic E-state index is 9.11. The molecule has 0 amide bonds. The molecule has 1 aliphatic rings. The van der Waals surface area contributed by atoms with Crippen LogP contribution in [0.4, 0.5) is 5.69 Å². The Balaban J connectivity index is 2.16. The van der Waals surface area contributed by atoms with Crippen molar-refractivity contribution < 1.29 is 5.11 Å². The first kappa shape index (κ1) is 9.87. The third-order valence-corrected chi connectivity index (χ3v) is 2.33. The Morgan fingerprint density at radius 1 is 1.20 bits per heavy atom. The van der Waals surface area contributed by atoms with E-state index in [0.717, 1.165) is 11.3 Å². The molecule has 1 aromatic carbocycles. The number of allylic oxidation sites excluding steroid dienone is 4. The fourth-order valence-electron chi connectivity index (χ4n) is 1.49. The molecule has 1 aliphatic carbocycles. The summed E-state index contributed by atoms with van der Waals surface area (Å²) in [4.78, 5) is 4.37. The van der Waals surface area contributed by atoms with E-state index in [1.54, 1.807) is 0 Å². The zero-order chi connectivity index (χ0) is 10.5. The van der Waals surface area contributed by atoms with Crippen LogP contribution in [-0.2, 0) is 6.61 Å². The van der Waals surface area contributed by atoms with Crippen molar-refractivity contribution in [3.63, 3.8) is 0 Å². The molecular weight excluding hydrogens is 186 g/mol. The van der Waals surface area contributed by atoms with Gasteiger partial charge < -0.3 is 5.11 Å². The van der Waals surface area contributed by atoms with Crippen molar-refractivity contribution in [2.45, 2.75) is 6.61 Å². The minimum absolute atomic E-state index is 0.0316. The van der Waals surface area contributed by atoms with Gasteiger partial charge in [-0.15, -0.1) is 0 Å². The van der Waals surface area contributed by atoms with Crippen LogP contribution in [0.5, 0.6) is 0 Å². The molecule has 76 valence electrons. The van der Waals surface area contributed by atoms with E-state index < -0.39 is 0 Å². The van der Waals surface area contributed by atoms with E-state index in [4.69, 9.17) is 5.11 Å². The monoisotopic (exact) mass is 199 g/mol. The van der Waals surface area contributed by atoms with Crippen LogP contribution in [0.15, 0.2) is 53.6 Å². The third-order valence-electron chi connectivity index (χ3n) is 2.33. The van der Waals surface area contributed by atoms with E-state index in [1.165, 1.54) is 0 Å². The molecule has 0 spiro atoms. The standard InChI is InChI=1S/C13H13NO/c15-10-12-7-3-4-8-13(12)14-9-11-5-1-2-6-11/h1-9,11,15H,10H2. The van der Waals surface area contributed by atoms with E-state index in [2.05, 4.69) is 17.1 Å². The van der Waals surface area contributed by atoms with Crippen LogP contribution in [0.2, 0.25) is 0 Å². The predicted molar refractivity (Wildman–Crippen MR) is 62.3 cm³/mol. The van der Waals surface area contributed by atoms with Crippen molar-refractivity contribution in [1.82, 2.24) is 0 Å². The number of para-hydroxylation sites is 1. The molecule has 0 fully saturated rings. The average Bonchev–Trinajstić information content (AvgIpc) is 2.79. The van der Waals surface area contributed by atoms with E-state index >= 15 is 0 Å². The Bertz CT molecular complexity index is 406. The summed E-state index contributed by atoms with van der Waals surface area (Å²) in [5.41, 5.74) is 1.70. The predicted octanol–water partition coefficient (Wildman–Crippen LogP) is 2.62. The molecule has 0 saturated carbocycles. The van der Waals surface area contributed by atoms with Crippen LogP contribution >= 0.6 is 0 Å². The Hall–Kier alpha value is -1.67. The molecular formula is C13H13NO. The topological polar surface area (TPSA) is 32.6 Å². The van der Waals surface area contributed by atoms with Gasteiger partial charge in [0.05, 0.1) is 12.3 Å². The average molecular weight is 199 g/mol. The van der Waals surface area contributed by atoms with E-state index in [1.807, 2.05) is 42.6 Å². The van der Waals surface area contributed by atoms with Crippen LogP contribution in [-0.4, -0.2) is 11.3 Å². The highest BCUT2D eigenvalue weighted by Gasteiger charge is 2.00. The molecule has 0 saturated heterocycles. The van der Waals surface area contributed by atoms with Crippen LogP contribution < -0.4 is 0 Å². The number of aliphatic hydroxyl groups is 1. The maximum Gasteiger partial charge on any atom is 0.0702 e. The Kier molecular flexibility index (Phi) is 3.10. The summed E-state index contributed by atoms with van der Waals surface area (Å²) in [5.74, 6) is 0.289. The Labute approximate surface area is 89.3 Å². The van der Waals surface area contributed by atoms with Gasteiger partial charge in [0, 0.05) is 17.7 Å². The first-order valence-corrected chi connectivity index (χ1v) is 4.98. The molecule has 0 aromatic heterocycles. The van der Waals surface area contributed by atoms with E-state index in [9.17, 15) is 0 Å². The van der Waals surface area contributed by atoms with Gasteiger partial charge in [-0.05, 0) is 6.07 Å². The largest absolute Gasteiger partial charge is 0.392 e. The number of rotatable bonds is 3. The van der Waals surface area contributed by atoms with E-state index in [-0.39, 0.29) is 12.5 Å². The van der Waals surface area contributed by atoms with Gasteiger partial charge in [0.2, 0.25) is 0 Å². The quantitative estimate of drug-likeness (QED) is 0.746. The molecule has 0 bridgehead atoms. The molecule has 2 heteroatoms. The number of hydrogen-bond acceptors (Lipinski definition) is 2. The smallest absolute Gasteiger partial charge is 0.0702 e. The van der Waals surface area contributed by atoms with Crippen molar-refractivity contribution in [2.75, 3.05) is 0 Å². The van der Waals surface area contributed by atoms with Crippen LogP contribution in [0.25, 0.3) is 0 Å². The second kappa shape index (κ2) is 4.71. The lowest BCUT2D eigenvalue weighted by molar-refractivity contribution is 0.282. The van der Waals surface area contributed by atoms with Gasteiger partial charge >= 0.3 is 0 Å². The SMILES string of the molecule is OCc1ccccc1N=CC1C=CC=C1. The summed E-state index contributed by atoms with van der Waals surface area (Å²) in [5, 5.41) is 9.11. The summed E-state index contributed by atoms with van der Waals surface area (Å²) in [6.45, 7) is 0.0316.